The number of piperidine rings is 1. The molecule has 0 saturated carbocycles. The Kier molecular flexibility index (Phi) is 5.23. The molecule has 112 valence electrons. The molecule has 0 spiro atoms. The van der Waals surface area contributed by atoms with Gasteiger partial charge in [0.25, 0.3) is 10.2 Å². The van der Waals surface area contributed by atoms with Crippen LogP contribution in [0.15, 0.2) is 28.7 Å². The summed E-state index contributed by atoms with van der Waals surface area (Å²) < 4.78 is 29.1. The maximum absolute atomic E-state index is 12.6. The zero-order valence-electron chi connectivity index (χ0n) is 11.9. The first-order valence-corrected chi connectivity index (χ1v) is 9.04. The average molecular weight is 361 g/mol. The van der Waals surface area contributed by atoms with Crippen molar-refractivity contribution in [1.82, 2.24) is 8.61 Å². The highest BCUT2D eigenvalue weighted by molar-refractivity contribution is 9.10. The van der Waals surface area contributed by atoms with Crippen molar-refractivity contribution < 1.29 is 8.42 Å². The Hall–Kier alpha value is -0.430. The predicted octanol–water partition coefficient (Wildman–Crippen LogP) is 2.86. The van der Waals surface area contributed by atoms with Gasteiger partial charge >= 0.3 is 0 Å². The highest BCUT2D eigenvalue weighted by atomic mass is 79.9. The van der Waals surface area contributed by atoms with Crippen LogP contribution in [0.5, 0.6) is 0 Å². The molecule has 1 aromatic rings. The number of halogens is 1. The molecule has 4 nitrogen and oxygen atoms in total. The summed E-state index contributed by atoms with van der Waals surface area (Å²) in [5.74, 6) is 0.442. The molecule has 1 fully saturated rings. The normalized spacial score (nSPS) is 21.3. The van der Waals surface area contributed by atoms with E-state index in [0.29, 0.717) is 25.6 Å². The Morgan fingerprint density at radius 1 is 1.45 bits per heavy atom. The van der Waals surface area contributed by atoms with Gasteiger partial charge in [0, 0.05) is 31.2 Å². The molecule has 1 atom stereocenters. The molecular weight excluding hydrogens is 340 g/mol. The van der Waals surface area contributed by atoms with Crippen molar-refractivity contribution in [3.63, 3.8) is 0 Å². The van der Waals surface area contributed by atoms with Gasteiger partial charge < -0.3 is 0 Å². The molecule has 1 aliphatic heterocycles. The lowest BCUT2D eigenvalue weighted by molar-refractivity contribution is 0.263. The molecule has 0 N–H and O–H groups in total. The summed E-state index contributed by atoms with van der Waals surface area (Å²) in [6.07, 6.45) is 2.06. The second-order valence-electron chi connectivity index (χ2n) is 5.50. The largest absolute Gasteiger partial charge is 0.282 e. The van der Waals surface area contributed by atoms with Crippen molar-refractivity contribution in [3.8, 4) is 0 Å². The maximum atomic E-state index is 12.6. The van der Waals surface area contributed by atoms with E-state index in [1.165, 1.54) is 4.31 Å². The Balaban J connectivity index is 2.09. The molecule has 1 saturated heterocycles. The van der Waals surface area contributed by atoms with Crippen LogP contribution in [0, 0.1) is 5.92 Å². The number of benzene rings is 1. The highest BCUT2D eigenvalue weighted by Crippen LogP contribution is 2.21. The summed E-state index contributed by atoms with van der Waals surface area (Å²) in [4.78, 5) is 0. The Bertz CT molecular complexity index is 562. The van der Waals surface area contributed by atoms with Crippen LogP contribution < -0.4 is 0 Å². The van der Waals surface area contributed by atoms with Gasteiger partial charge in [-0.25, -0.2) is 0 Å². The first kappa shape index (κ1) is 15.9. The molecule has 2 rings (SSSR count). The van der Waals surface area contributed by atoms with Gasteiger partial charge in [-0.15, -0.1) is 0 Å². The Morgan fingerprint density at radius 3 is 2.85 bits per heavy atom. The molecule has 20 heavy (non-hydrogen) atoms. The van der Waals surface area contributed by atoms with Crippen molar-refractivity contribution in [2.75, 3.05) is 20.1 Å². The monoisotopic (exact) mass is 360 g/mol. The Labute approximate surface area is 130 Å². The summed E-state index contributed by atoms with van der Waals surface area (Å²) in [7, 11) is -1.71. The van der Waals surface area contributed by atoms with Crippen LogP contribution in [-0.2, 0) is 16.8 Å². The van der Waals surface area contributed by atoms with Crippen LogP contribution in [0.3, 0.4) is 0 Å². The van der Waals surface area contributed by atoms with E-state index in [2.05, 4.69) is 22.9 Å². The van der Waals surface area contributed by atoms with Crippen LogP contribution in [0.4, 0.5) is 0 Å². The average Bonchev–Trinajstić information content (AvgIpc) is 2.38. The van der Waals surface area contributed by atoms with Crippen LogP contribution in [0.1, 0.15) is 25.3 Å². The quantitative estimate of drug-likeness (QED) is 0.828. The number of hydrogen-bond donors (Lipinski definition) is 0. The topological polar surface area (TPSA) is 40.6 Å². The third-order valence-electron chi connectivity index (χ3n) is 3.63. The molecule has 0 aromatic heterocycles. The van der Waals surface area contributed by atoms with Crippen molar-refractivity contribution in [3.05, 3.63) is 34.3 Å². The standard InChI is InChI=1S/C14H21BrN2O2S/c1-12-5-4-8-17(10-12)20(18,19)16(2)11-13-6-3-7-14(15)9-13/h3,6-7,9,12H,4-5,8,10-11H2,1-2H3. The highest BCUT2D eigenvalue weighted by Gasteiger charge is 2.30. The van der Waals surface area contributed by atoms with Crippen LogP contribution in [0.25, 0.3) is 0 Å². The first-order valence-electron chi connectivity index (χ1n) is 6.85. The maximum Gasteiger partial charge on any atom is 0.282 e. The second-order valence-corrected chi connectivity index (χ2v) is 8.45. The smallest absolute Gasteiger partial charge is 0.195 e. The van der Waals surface area contributed by atoms with Crippen molar-refractivity contribution in [2.45, 2.75) is 26.3 Å². The van der Waals surface area contributed by atoms with Gasteiger partial charge in [-0.05, 0) is 36.5 Å². The Morgan fingerprint density at radius 2 is 2.20 bits per heavy atom. The summed E-state index contributed by atoms with van der Waals surface area (Å²) in [5.41, 5.74) is 0.982. The summed E-state index contributed by atoms with van der Waals surface area (Å²) in [6.45, 7) is 3.77. The number of nitrogens with zero attached hydrogens (tertiary/aromatic N) is 2. The van der Waals surface area contributed by atoms with Crippen LogP contribution in [-0.4, -0.2) is 37.2 Å². The van der Waals surface area contributed by atoms with Crippen molar-refractivity contribution >= 4 is 26.1 Å². The molecule has 0 radical (unpaired) electrons. The van der Waals surface area contributed by atoms with E-state index in [1.807, 2.05) is 24.3 Å². The van der Waals surface area contributed by atoms with E-state index in [0.717, 1.165) is 22.9 Å². The van der Waals surface area contributed by atoms with E-state index in [9.17, 15) is 8.42 Å². The lowest BCUT2D eigenvalue weighted by Crippen LogP contribution is -2.45. The fourth-order valence-electron chi connectivity index (χ4n) is 2.53. The molecule has 1 heterocycles. The summed E-state index contributed by atoms with van der Waals surface area (Å²) >= 11 is 3.41. The van der Waals surface area contributed by atoms with E-state index in [4.69, 9.17) is 0 Å². The van der Waals surface area contributed by atoms with Gasteiger partial charge in [0.1, 0.15) is 0 Å². The van der Waals surface area contributed by atoms with Gasteiger partial charge in [0.05, 0.1) is 0 Å². The van der Waals surface area contributed by atoms with Gasteiger partial charge in [0.2, 0.25) is 0 Å². The van der Waals surface area contributed by atoms with Crippen LogP contribution >= 0.6 is 15.9 Å². The predicted molar refractivity (Wildman–Crippen MR) is 84.5 cm³/mol. The molecule has 1 aromatic carbocycles. The molecule has 1 unspecified atom stereocenters. The van der Waals surface area contributed by atoms with Gasteiger partial charge in [0.15, 0.2) is 0 Å². The van der Waals surface area contributed by atoms with Gasteiger partial charge in [-0.1, -0.05) is 35.0 Å². The first-order chi connectivity index (χ1) is 9.39. The van der Waals surface area contributed by atoms with Gasteiger partial charge in [-0.2, -0.15) is 17.0 Å². The van der Waals surface area contributed by atoms with E-state index in [1.54, 1.807) is 11.4 Å². The minimum absolute atomic E-state index is 0.395. The number of hydrogen-bond acceptors (Lipinski definition) is 2. The zero-order valence-corrected chi connectivity index (χ0v) is 14.3. The SMILES string of the molecule is CC1CCCN(S(=O)(=O)N(C)Cc2cccc(Br)c2)C1. The lowest BCUT2D eigenvalue weighted by atomic mass is 10.0. The van der Waals surface area contributed by atoms with E-state index < -0.39 is 10.2 Å². The molecular formula is C14H21BrN2O2S. The minimum atomic E-state index is -3.35. The molecule has 0 bridgehead atoms. The van der Waals surface area contributed by atoms with Crippen molar-refractivity contribution in [1.29, 1.82) is 0 Å². The molecule has 0 aliphatic carbocycles. The summed E-state index contributed by atoms with van der Waals surface area (Å²) in [5, 5.41) is 0. The van der Waals surface area contributed by atoms with Crippen LogP contribution in [0.2, 0.25) is 0 Å². The lowest BCUT2D eigenvalue weighted by Gasteiger charge is -2.33. The van der Waals surface area contributed by atoms with Crippen molar-refractivity contribution in [2.24, 2.45) is 5.92 Å². The number of rotatable bonds is 4. The molecule has 1 aliphatic rings. The third-order valence-corrected chi connectivity index (χ3v) is 6.03. The third kappa shape index (κ3) is 3.81. The minimum Gasteiger partial charge on any atom is -0.195 e. The fourth-order valence-corrected chi connectivity index (χ4v) is 4.48. The molecule has 0 amide bonds. The second kappa shape index (κ2) is 6.56. The van der Waals surface area contributed by atoms with Gasteiger partial charge in [-0.3, -0.25) is 0 Å². The molecule has 6 heteroatoms. The van der Waals surface area contributed by atoms with E-state index in [-0.39, 0.29) is 0 Å². The van der Waals surface area contributed by atoms with E-state index >= 15 is 0 Å². The zero-order chi connectivity index (χ0) is 14.8. The summed E-state index contributed by atoms with van der Waals surface area (Å²) in [6, 6.07) is 7.74. The fraction of sp³-hybridized carbons (Fsp3) is 0.571.